The molecule has 2 aromatic carbocycles. The smallest absolute Gasteiger partial charge is 0.394 e. The molecule has 1 aliphatic carbocycles. The lowest BCUT2D eigenvalue weighted by Crippen LogP contribution is -2.48. The standard InChI is InChI=1S/C26H27FN3O5PS/c27-20-14-17(10-11-25(28,15-31)16-35-36(32,33)34)6-7-19(20)23-29-21-8-9-22(30-24(21)37-23)26(12-13-26)18-4-2-1-3-5-18/h1-9,14,31H,10-13,15-16,28H2,(H2,32,33,34)/t25-/m1/s1. The van der Waals surface area contributed by atoms with Crippen LogP contribution < -0.4 is 5.73 Å². The zero-order valence-corrected chi connectivity index (χ0v) is 21.6. The lowest BCUT2D eigenvalue weighted by atomic mass is 9.92. The summed E-state index contributed by atoms with van der Waals surface area (Å²) in [5, 5.41) is 10.1. The van der Waals surface area contributed by atoms with Crippen molar-refractivity contribution < 1.29 is 28.4 Å². The number of aliphatic hydroxyl groups is 1. The largest absolute Gasteiger partial charge is 0.469 e. The Morgan fingerprint density at radius 2 is 1.86 bits per heavy atom. The highest BCUT2D eigenvalue weighted by Crippen LogP contribution is 2.53. The van der Waals surface area contributed by atoms with E-state index in [2.05, 4.69) is 21.6 Å². The number of pyridine rings is 1. The van der Waals surface area contributed by atoms with Gasteiger partial charge in [-0.25, -0.2) is 18.9 Å². The van der Waals surface area contributed by atoms with Crippen molar-refractivity contribution in [3.8, 4) is 10.6 Å². The van der Waals surface area contributed by atoms with Gasteiger partial charge in [-0.2, -0.15) is 0 Å². The molecule has 4 aromatic rings. The fraction of sp³-hybridized carbons (Fsp3) is 0.308. The first-order valence-electron chi connectivity index (χ1n) is 11.8. The first kappa shape index (κ1) is 26.1. The summed E-state index contributed by atoms with van der Waals surface area (Å²) in [4.78, 5) is 28.1. The van der Waals surface area contributed by atoms with Crippen molar-refractivity contribution in [3.05, 3.63) is 83.3 Å². The highest BCUT2D eigenvalue weighted by Gasteiger charge is 2.47. The minimum absolute atomic E-state index is 0.0599. The normalized spacial score (nSPS) is 16.6. The number of fused-ring (bicyclic) bond motifs is 1. The van der Waals surface area contributed by atoms with E-state index in [4.69, 9.17) is 20.5 Å². The predicted molar refractivity (Wildman–Crippen MR) is 140 cm³/mol. The van der Waals surface area contributed by atoms with Crippen LogP contribution >= 0.6 is 19.2 Å². The van der Waals surface area contributed by atoms with Crippen molar-refractivity contribution in [2.24, 2.45) is 5.73 Å². The average Bonchev–Trinajstić information content (AvgIpc) is 3.59. The molecule has 0 radical (unpaired) electrons. The van der Waals surface area contributed by atoms with Crippen LogP contribution in [-0.4, -0.2) is 43.6 Å². The van der Waals surface area contributed by atoms with Gasteiger partial charge in [0.2, 0.25) is 0 Å². The Morgan fingerprint density at radius 3 is 2.51 bits per heavy atom. The Kier molecular flexibility index (Phi) is 7.02. The van der Waals surface area contributed by atoms with Gasteiger partial charge in [0.1, 0.15) is 21.2 Å². The van der Waals surface area contributed by atoms with E-state index < -0.39 is 32.4 Å². The third kappa shape index (κ3) is 5.66. The Bertz CT molecular complexity index is 1470. The number of hydrogen-bond donors (Lipinski definition) is 4. The summed E-state index contributed by atoms with van der Waals surface area (Å²) in [6.45, 7) is -1.07. The number of rotatable bonds is 10. The molecule has 0 bridgehead atoms. The van der Waals surface area contributed by atoms with Gasteiger partial charge in [-0.3, -0.25) is 4.52 Å². The second kappa shape index (κ2) is 9.96. The van der Waals surface area contributed by atoms with Crippen LogP contribution in [0.25, 0.3) is 20.9 Å². The summed E-state index contributed by atoms with van der Waals surface area (Å²) in [5.74, 6) is -0.446. The van der Waals surface area contributed by atoms with Crippen molar-refractivity contribution in [2.75, 3.05) is 13.2 Å². The Labute approximate surface area is 217 Å². The third-order valence-corrected chi connectivity index (χ3v) is 8.30. The van der Waals surface area contributed by atoms with Crippen LogP contribution in [0.1, 0.15) is 36.1 Å². The first-order valence-corrected chi connectivity index (χ1v) is 14.2. The van der Waals surface area contributed by atoms with E-state index in [0.717, 1.165) is 28.9 Å². The maximum atomic E-state index is 15.1. The van der Waals surface area contributed by atoms with Gasteiger partial charge in [0, 0.05) is 11.0 Å². The van der Waals surface area contributed by atoms with E-state index in [1.54, 1.807) is 12.1 Å². The molecule has 0 spiro atoms. The number of nitrogens with zero attached hydrogens (tertiary/aromatic N) is 2. The second-order valence-corrected chi connectivity index (χ2v) is 11.8. The van der Waals surface area contributed by atoms with Crippen LogP contribution in [0.15, 0.2) is 60.7 Å². The van der Waals surface area contributed by atoms with Gasteiger partial charge in [0.05, 0.1) is 24.4 Å². The zero-order chi connectivity index (χ0) is 26.3. The number of aromatic nitrogens is 2. The molecule has 5 rings (SSSR count). The minimum atomic E-state index is -4.72. The number of aryl methyl sites for hydroxylation is 1. The van der Waals surface area contributed by atoms with Crippen molar-refractivity contribution in [2.45, 2.75) is 36.6 Å². The molecule has 194 valence electrons. The first-order chi connectivity index (χ1) is 17.6. The number of nitrogens with two attached hydrogens (primary N) is 1. The van der Waals surface area contributed by atoms with E-state index in [9.17, 15) is 9.67 Å². The monoisotopic (exact) mass is 543 g/mol. The molecule has 1 aliphatic rings. The minimum Gasteiger partial charge on any atom is -0.394 e. The molecule has 1 saturated carbocycles. The molecule has 37 heavy (non-hydrogen) atoms. The zero-order valence-electron chi connectivity index (χ0n) is 19.9. The van der Waals surface area contributed by atoms with E-state index >= 15 is 4.39 Å². The molecule has 1 atom stereocenters. The third-order valence-electron chi connectivity index (χ3n) is 6.83. The molecule has 8 nitrogen and oxygen atoms in total. The van der Waals surface area contributed by atoms with Crippen LogP contribution in [0.5, 0.6) is 0 Å². The van der Waals surface area contributed by atoms with Crippen molar-refractivity contribution in [1.82, 2.24) is 9.97 Å². The van der Waals surface area contributed by atoms with Crippen LogP contribution in [0, 0.1) is 5.82 Å². The van der Waals surface area contributed by atoms with Crippen LogP contribution in [0.4, 0.5) is 4.39 Å². The van der Waals surface area contributed by atoms with E-state index in [1.165, 1.54) is 23.0 Å². The maximum Gasteiger partial charge on any atom is 0.469 e. The van der Waals surface area contributed by atoms with E-state index in [1.807, 2.05) is 30.3 Å². The molecule has 0 saturated heterocycles. The lowest BCUT2D eigenvalue weighted by Gasteiger charge is -2.27. The Morgan fingerprint density at radius 1 is 1.11 bits per heavy atom. The van der Waals surface area contributed by atoms with Gasteiger partial charge in [-0.15, -0.1) is 0 Å². The number of aliphatic hydroxyl groups excluding tert-OH is 1. The number of halogens is 1. The van der Waals surface area contributed by atoms with E-state index in [0.29, 0.717) is 16.1 Å². The molecule has 5 N–H and O–H groups in total. The SMILES string of the molecule is N[C@@](CO)(CCc1ccc(-c2nc3ccc(C4(c5ccccc5)CC4)nc3s2)c(F)c1)COP(=O)(O)O. The number of benzene rings is 2. The van der Waals surface area contributed by atoms with Crippen molar-refractivity contribution >= 4 is 29.5 Å². The highest BCUT2D eigenvalue weighted by molar-refractivity contribution is 7.46. The van der Waals surface area contributed by atoms with E-state index in [-0.39, 0.29) is 18.3 Å². The molecular weight excluding hydrogens is 516 g/mol. The fourth-order valence-corrected chi connectivity index (χ4v) is 5.85. The van der Waals surface area contributed by atoms with Gasteiger partial charge in [-0.05, 0) is 61.1 Å². The van der Waals surface area contributed by atoms with Crippen LogP contribution in [-0.2, 0) is 20.9 Å². The lowest BCUT2D eigenvalue weighted by molar-refractivity contribution is 0.102. The molecule has 2 heterocycles. The van der Waals surface area contributed by atoms with Crippen molar-refractivity contribution in [1.29, 1.82) is 0 Å². The molecule has 0 unspecified atom stereocenters. The molecule has 0 aliphatic heterocycles. The Hall–Kier alpha value is -2.56. The number of phosphoric acid groups is 1. The molecule has 1 fully saturated rings. The number of thiazole rings is 1. The summed E-state index contributed by atoms with van der Waals surface area (Å²) in [6, 6.07) is 19.1. The Balaban J connectivity index is 1.33. The van der Waals surface area contributed by atoms with Gasteiger partial charge in [-0.1, -0.05) is 47.7 Å². The summed E-state index contributed by atoms with van der Waals surface area (Å²) in [5.41, 5.74) is 8.55. The van der Waals surface area contributed by atoms with Crippen LogP contribution in [0.2, 0.25) is 0 Å². The molecule has 11 heteroatoms. The van der Waals surface area contributed by atoms with Gasteiger partial charge in [0.15, 0.2) is 0 Å². The van der Waals surface area contributed by atoms with Gasteiger partial charge >= 0.3 is 7.82 Å². The predicted octanol–water partition coefficient (Wildman–Crippen LogP) is 4.31. The molecular formula is C26H27FN3O5PS. The number of hydrogen-bond acceptors (Lipinski definition) is 7. The summed E-state index contributed by atoms with van der Waals surface area (Å²) in [6.07, 6.45) is 2.51. The number of phosphoric ester groups is 1. The maximum absolute atomic E-state index is 15.1. The quantitative estimate of drug-likeness (QED) is 0.217. The highest BCUT2D eigenvalue weighted by atomic mass is 32.1. The summed E-state index contributed by atoms with van der Waals surface area (Å²) >= 11 is 1.35. The topological polar surface area (TPSA) is 139 Å². The fourth-order valence-electron chi connectivity index (χ4n) is 4.46. The summed E-state index contributed by atoms with van der Waals surface area (Å²) < 4.78 is 30.5. The molecule has 0 amide bonds. The average molecular weight is 544 g/mol. The second-order valence-electron chi connectivity index (χ2n) is 9.59. The van der Waals surface area contributed by atoms with Gasteiger partial charge < -0.3 is 20.6 Å². The van der Waals surface area contributed by atoms with Crippen molar-refractivity contribution in [3.63, 3.8) is 0 Å². The molecule has 2 aromatic heterocycles. The summed E-state index contributed by atoms with van der Waals surface area (Å²) in [7, 11) is -4.72. The van der Waals surface area contributed by atoms with Crippen LogP contribution in [0.3, 0.4) is 0 Å². The van der Waals surface area contributed by atoms with Gasteiger partial charge in [0.25, 0.3) is 0 Å².